The third-order valence-corrected chi connectivity index (χ3v) is 3.85. The molecule has 6 heteroatoms. The molecule has 2 N–H and O–H groups in total. The Labute approximate surface area is 100 Å². The van der Waals surface area contributed by atoms with Gasteiger partial charge < -0.3 is 4.90 Å². The van der Waals surface area contributed by atoms with E-state index >= 15 is 0 Å². The van der Waals surface area contributed by atoms with Crippen molar-refractivity contribution in [2.24, 2.45) is 5.14 Å². The van der Waals surface area contributed by atoms with Crippen molar-refractivity contribution in [3.8, 4) is 0 Å². The van der Waals surface area contributed by atoms with Crippen molar-refractivity contribution in [2.45, 2.75) is 31.2 Å². The number of hydrogen-bond donors (Lipinski definition) is 1. The van der Waals surface area contributed by atoms with Crippen LogP contribution in [0.4, 0.5) is 5.69 Å². The SMILES string of the molecule is CC(=O)N1c2cc(S(N)(=O)=O)ccc2CC1C. The number of sulfonamides is 1. The van der Waals surface area contributed by atoms with E-state index in [2.05, 4.69) is 0 Å². The number of benzene rings is 1. The molecule has 0 radical (unpaired) electrons. The molecule has 0 bridgehead atoms. The van der Waals surface area contributed by atoms with Crippen LogP contribution in [-0.2, 0) is 21.2 Å². The van der Waals surface area contributed by atoms with Gasteiger partial charge in [0, 0.05) is 18.7 Å². The van der Waals surface area contributed by atoms with Crippen molar-refractivity contribution in [3.63, 3.8) is 0 Å². The fourth-order valence-corrected chi connectivity index (χ4v) is 2.78. The number of hydrogen-bond acceptors (Lipinski definition) is 3. The number of anilines is 1. The van der Waals surface area contributed by atoms with Crippen LogP contribution in [0.15, 0.2) is 23.1 Å². The van der Waals surface area contributed by atoms with Crippen molar-refractivity contribution in [3.05, 3.63) is 23.8 Å². The molecule has 1 atom stereocenters. The van der Waals surface area contributed by atoms with Crippen molar-refractivity contribution in [2.75, 3.05) is 4.90 Å². The molecule has 1 unspecified atom stereocenters. The second-order valence-electron chi connectivity index (χ2n) is 4.28. The number of nitrogens with zero attached hydrogens (tertiary/aromatic N) is 1. The molecular weight excluding hydrogens is 240 g/mol. The summed E-state index contributed by atoms with van der Waals surface area (Å²) in [5.74, 6) is -0.0946. The number of carbonyl (C=O) groups is 1. The quantitative estimate of drug-likeness (QED) is 0.798. The Hall–Kier alpha value is -1.40. The maximum Gasteiger partial charge on any atom is 0.238 e. The van der Waals surface area contributed by atoms with E-state index in [4.69, 9.17) is 5.14 Å². The number of carbonyl (C=O) groups excluding carboxylic acids is 1. The molecule has 1 amide bonds. The predicted molar refractivity (Wildman–Crippen MR) is 64.1 cm³/mol. The van der Waals surface area contributed by atoms with Gasteiger partial charge in [0.2, 0.25) is 15.9 Å². The van der Waals surface area contributed by atoms with E-state index in [1.807, 2.05) is 6.92 Å². The topological polar surface area (TPSA) is 80.5 Å². The molecule has 92 valence electrons. The minimum atomic E-state index is -3.73. The number of rotatable bonds is 1. The van der Waals surface area contributed by atoms with Gasteiger partial charge in [-0.25, -0.2) is 13.6 Å². The second-order valence-corrected chi connectivity index (χ2v) is 5.84. The van der Waals surface area contributed by atoms with Gasteiger partial charge in [-0.05, 0) is 31.0 Å². The Morgan fingerprint density at radius 1 is 1.47 bits per heavy atom. The van der Waals surface area contributed by atoms with Crippen LogP contribution >= 0.6 is 0 Å². The first-order valence-corrected chi connectivity index (χ1v) is 6.81. The predicted octanol–water partition coefficient (Wildman–Crippen LogP) is 0.631. The van der Waals surface area contributed by atoms with E-state index in [9.17, 15) is 13.2 Å². The summed E-state index contributed by atoms with van der Waals surface area (Å²) in [6.07, 6.45) is 0.736. The maximum absolute atomic E-state index is 11.5. The van der Waals surface area contributed by atoms with Crippen molar-refractivity contribution < 1.29 is 13.2 Å². The molecular formula is C11H14N2O3S. The Morgan fingerprint density at radius 2 is 2.12 bits per heavy atom. The minimum Gasteiger partial charge on any atom is -0.309 e. The minimum absolute atomic E-state index is 0.0385. The fraction of sp³-hybridized carbons (Fsp3) is 0.364. The standard InChI is InChI=1S/C11H14N2O3S/c1-7-5-9-3-4-10(17(12,15)16)6-11(9)13(7)8(2)14/h3-4,6-7H,5H2,1-2H3,(H2,12,15,16). The summed E-state index contributed by atoms with van der Waals surface area (Å²) in [6, 6.07) is 4.72. The third kappa shape index (κ3) is 2.05. The molecule has 2 rings (SSSR count). The summed E-state index contributed by atoms with van der Waals surface area (Å²) >= 11 is 0. The lowest BCUT2D eigenvalue weighted by Gasteiger charge is -2.20. The van der Waals surface area contributed by atoms with E-state index in [1.165, 1.54) is 19.1 Å². The Kier molecular flexibility index (Phi) is 2.71. The summed E-state index contributed by atoms with van der Waals surface area (Å²) in [5.41, 5.74) is 1.62. The van der Waals surface area contributed by atoms with Gasteiger partial charge in [-0.15, -0.1) is 0 Å². The summed E-state index contributed by atoms with van der Waals surface area (Å²) in [5, 5.41) is 5.08. The van der Waals surface area contributed by atoms with Gasteiger partial charge in [0.1, 0.15) is 0 Å². The summed E-state index contributed by atoms with van der Waals surface area (Å²) < 4.78 is 22.5. The van der Waals surface area contributed by atoms with E-state index in [0.29, 0.717) is 5.69 Å². The molecule has 0 spiro atoms. The zero-order valence-corrected chi connectivity index (χ0v) is 10.5. The number of fused-ring (bicyclic) bond motifs is 1. The molecule has 5 nitrogen and oxygen atoms in total. The second kappa shape index (κ2) is 3.82. The lowest BCUT2D eigenvalue weighted by atomic mass is 10.1. The molecule has 0 saturated carbocycles. The first-order chi connectivity index (χ1) is 7.80. The van der Waals surface area contributed by atoms with Crippen LogP contribution < -0.4 is 10.0 Å². The molecule has 0 saturated heterocycles. The van der Waals surface area contributed by atoms with E-state index in [-0.39, 0.29) is 16.8 Å². The highest BCUT2D eigenvalue weighted by Gasteiger charge is 2.29. The number of primary sulfonamides is 1. The number of nitrogens with two attached hydrogens (primary N) is 1. The van der Waals surface area contributed by atoms with Crippen LogP contribution in [0.25, 0.3) is 0 Å². The first-order valence-electron chi connectivity index (χ1n) is 5.26. The highest BCUT2D eigenvalue weighted by Crippen LogP contribution is 2.33. The lowest BCUT2D eigenvalue weighted by molar-refractivity contribution is -0.116. The fourth-order valence-electron chi connectivity index (χ4n) is 2.24. The monoisotopic (exact) mass is 254 g/mol. The van der Waals surface area contributed by atoms with Crippen LogP contribution in [0.1, 0.15) is 19.4 Å². The molecule has 1 aromatic rings. The zero-order chi connectivity index (χ0) is 12.8. The van der Waals surface area contributed by atoms with Crippen LogP contribution in [-0.4, -0.2) is 20.4 Å². The van der Waals surface area contributed by atoms with Crippen LogP contribution in [0.2, 0.25) is 0 Å². The summed E-state index contributed by atoms with van der Waals surface area (Å²) in [6.45, 7) is 3.40. The first kappa shape index (κ1) is 12.1. The summed E-state index contributed by atoms with van der Waals surface area (Å²) in [7, 11) is -3.73. The molecule has 1 heterocycles. The van der Waals surface area contributed by atoms with Crippen LogP contribution in [0.3, 0.4) is 0 Å². The molecule has 17 heavy (non-hydrogen) atoms. The summed E-state index contributed by atoms with van der Waals surface area (Å²) in [4.78, 5) is 13.2. The van der Waals surface area contributed by atoms with Gasteiger partial charge in [0.05, 0.1) is 4.90 Å². The highest BCUT2D eigenvalue weighted by atomic mass is 32.2. The van der Waals surface area contributed by atoms with Gasteiger partial charge in [0.25, 0.3) is 0 Å². The largest absolute Gasteiger partial charge is 0.309 e. The highest BCUT2D eigenvalue weighted by molar-refractivity contribution is 7.89. The molecule has 1 aliphatic rings. The third-order valence-electron chi connectivity index (χ3n) is 2.94. The molecule has 1 aliphatic heterocycles. The van der Waals surface area contributed by atoms with Gasteiger partial charge >= 0.3 is 0 Å². The van der Waals surface area contributed by atoms with Gasteiger partial charge in [-0.1, -0.05) is 6.07 Å². The Bertz CT molecular complexity index is 580. The Balaban J connectivity index is 2.57. The van der Waals surface area contributed by atoms with Gasteiger partial charge in [0.15, 0.2) is 0 Å². The smallest absolute Gasteiger partial charge is 0.238 e. The molecule has 0 fully saturated rings. The lowest BCUT2D eigenvalue weighted by Crippen LogP contribution is -2.33. The normalized spacial score (nSPS) is 19.2. The van der Waals surface area contributed by atoms with E-state index < -0.39 is 10.0 Å². The van der Waals surface area contributed by atoms with Gasteiger partial charge in [-0.3, -0.25) is 4.79 Å². The van der Waals surface area contributed by atoms with E-state index in [0.717, 1.165) is 12.0 Å². The molecule has 0 aromatic heterocycles. The van der Waals surface area contributed by atoms with Crippen LogP contribution in [0.5, 0.6) is 0 Å². The average molecular weight is 254 g/mol. The Morgan fingerprint density at radius 3 is 2.65 bits per heavy atom. The van der Waals surface area contributed by atoms with E-state index in [1.54, 1.807) is 11.0 Å². The maximum atomic E-state index is 11.5. The molecule has 1 aromatic carbocycles. The van der Waals surface area contributed by atoms with Crippen molar-refractivity contribution in [1.82, 2.24) is 0 Å². The van der Waals surface area contributed by atoms with Crippen molar-refractivity contribution in [1.29, 1.82) is 0 Å². The molecule has 0 aliphatic carbocycles. The zero-order valence-electron chi connectivity index (χ0n) is 9.67. The average Bonchev–Trinajstić information content (AvgIpc) is 2.50. The van der Waals surface area contributed by atoms with Gasteiger partial charge in [-0.2, -0.15) is 0 Å². The van der Waals surface area contributed by atoms with Crippen LogP contribution in [0, 0.1) is 0 Å². The number of amides is 1. The van der Waals surface area contributed by atoms with Crippen molar-refractivity contribution >= 4 is 21.6 Å².